The fourth-order valence-electron chi connectivity index (χ4n) is 3.15. The number of hydrogen-bond acceptors (Lipinski definition) is 5. The first-order valence-corrected chi connectivity index (χ1v) is 10.2. The Kier molecular flexibility index (Phi) is 8.32. The molecule has 0 aliphatic carbocycles. The molecule has 162 valence electrons. The van der Waals surface area contributed by atoms with Gasteiger partial charge in [0.25, 0.3) is 0 Å². The van der Waals surface area contributed by atoms with Crippen LogP contribution in [0.4, 0.5) is 4.79 Å². The number of piperidine rings is 1. The van der Waals surface area contributed by atoms with Crippen molar-refractivity contribution in [3.05, 3.63) is 0 Å². The quantitative estimate of drug-likeness (QED) is 0.694. The third-order valence-corrected chi connectivity index (χ3v) is 5.00. The van der Waals surface area contributed by atoms with Gasteiger partial charge >= 0.3 is 12.1 Å². The molecular weight excluding hydrogens is 360 g/mol. The summed E-state index contributed by atoms with van der Waals surface area (Å²) in [6.45, 7) is 16.0. The average Bonchev–Trinajstić information content (AvgIpc) is 2.57. The number of likely N-dealkylation sites (tertiary alicyclic amines) is 1. The summed E-state index contributed by atoms with van der Waals surface area (Å²) in [5.74, 6) is -0.826. The van der Waals surface area contributed by atoms with Crippen LogP contribution in [0.15, 0.2) is 0 Å². The van der Waals surface area contributed by atoms with E-state index in [2.05, 4.69) is 5.32 Å². The Bertz CT molecular complexity index is 566. The minimum absolute atomic E-state index is 0.0201. The maximum absolute atomic E-state index is 12.8. The van der Waals surface area contributed by atoms with E-state index >= 15 is 0 Å². The van der Waals surface area contributed by atoms with Crippen molar-refractivity contribution in [3.8, 4) is 0 Å². The Balaban J connectivity index is 2.65. The van der Waals surface area contributed by atoms with E-state index in [9.17, 15) is 14.4 Å². The van der Waals surface area contributed by atoms with Gasteiger partial charge in [0.2, 0.25) is 5.91 Å². The molecule has 1 aliphatic heterocycles. The molecule has 1 fully saturated rings. The number of carbonyl (C=O) groups is 3. The zero-order valence-corrected chi connectivity index (χ0v) is 18.8. The lowest BCUT2D eigenvalue weighted by Crippen LogP contribution is -2.51. The second-order valence-corrected chi connectivity index (χ2v) is 9.58. The number of nitrogens with one attached hydrogen (secondary N) is 1. The van der Waals surface area contributed by atoms with Gasteiger partial charge < -0.3 is 19.7 Å². The third-order valence-electron chi connectivity index (χ3n) is 5.00. The smallest absolute Gasteiger partial charge is 0.410 e. The molecule has 7 nitrogen and oxygen atoms in total. The molecule has 1 N–H and O–H groups in total. The van der Waals surface area contributed by atoms with Gasteiger partial charge in [-0.05, 0) is 53.4 Å². The van der Waals surface area contributed by atoms with Gasteiger partial charge in [-0.15, -0.1) is 0 Å². The largest absolute Gasteiger partial charge is 0.463 e. The van der Waals surface area contributed by atoms with Gasteiger partial charge in [0.1, 0.15) is 5.60 Å². The van der Waals surface area contributed by atoms with Crippen LogP contribution in [0.2, 0.25) is 0 Å². The Labute approximate surface area is 169 Å². The Morgan fingerprint density at radius 3 is 2.25 bits per heavy atom. The van der Waals surface area contributed by atoms with Crippen LogP contribution in [0.1, 0.15) is 68.2 Å². The fourth-order valence-corrected chi connectivity index (χ4v) is 3.15. The highest BCUT2D eigenvalue weighted by Crippen LogP contribution is 2.34. The molecule has 2 amide bonds. The summed E-state index contributed by atoms with van der Waals surface area (Å²) >= 11 is 0. The van der Waals surface area contributed by atoms with Crippen molar-refractivity contribution in [2.45, 2.75) is 79.9 Å². The van der Waals surface area contributed by atoms with Crippen LogP contribution >= 0.6 is 0 Å². The van der Waals surface area contributed by atoms with E-state index in [-0.39, 0.29) is 36.5 Å². The molecule has 2 atom stereocenters. The summed E-state index contributed by atoms with van der Waals surface area (Å²) < 4.78 is 10.6. The molecule has 1 rings (SSSR count). The van der Waals surface area contributed by atoms with E-state index < -0.39 is 16.9 Å². The van der Waals surface area contributed by atoms with Crippen molar-refractivity contribution in [1.82, 2.24) is 10.2 Å². The summed E-state index contributed by atoms with van der Waals surface area (Å²) in [7, 11) is 0. The fraction of sp³-hybridized carbons (Fsp3) is 0.857. The van der Waals surface area contributed by atoms with Gasteiger partial charge in [0.15, 0.2) is 0 Å². The van der Waals surface area contributed by atoms with Gasteiger partial charge in [-0.25, -0.2) is 4.79 Å². The Morgan fingerprint density at radius 2 is 1.71 bits per heavy atom. The number of amides is 2. The SMILES string of the molecule is CC(C)OC(=O)C(C)CNC(=O)C(C)(C)C1CCCN(C(=O)OC(C)(C)C)C1. The van der Waals surface area contributed by atoms with Crippen LogP contribution in [0, 0.1) is 17.3 Å². The zero-order chi connectivity index (χ0) is 21.7. The minimum Gasteiger partial charge on any atom is -0.463 e. The van der Waals surface area contributed by atoms with Gasteiger partial charge in [-0.3, -0.25) is 9.59 Å². The van der Waals surface area contributed by atoms with Crippen molar-refractivity contribution in [3.63, 3.8) is 0 Å². The zero-order valence-electron chi connectivity index (χ0n) is 18.8. The predicted octanol–water partition coefficient (Wildman–Crippen LogP) is 3.36. The van der Waals surface area contributed by atoms with Crippen molar-refractivity contribution < 1.29 is 23.9 Å². The summed E-state index contributed by atoms with van der Waals surface area (Å²) in [6.07, 6.45) is 1.18. The third kappa shape index (κ3) is 7.32. The standard InChI is InChI=1S/C21H38N2O5/c1-14(2)27-17(24)15(3)12-22-18(25)21(7,8)16-10-9-11-23(13-16)19(26)28-20(4,5)6/h14-16H,9-13H2,1-8H3,(H,22,25). The molecule has 28 heavy (non-hydrogen) atoms. The summed E-state index contributed by atoms with van der Waals surface area (Å²) in [5, 5.41) is 2.88. The van der Waals surface area contributed by atoms with Crippen LogP contribution in [-0.2, 0) is 19.1 Å². The number of hydrogen-bond donors (Lipinski definition) is 1. The van der Waals surface area contributed by atoms with E-state index in [0.29, 0.717) is 13.1 Å². The first-order valence-electron chi connectivity index (χ1n) is 10.2. The lowest BCUT2D eigenvalue weighted by atomic mass is 9.74. The van der Waals surface area contributed by atoms with Crippen molar-refractivity contribution in [2.24, 2.45) is 17.3 Å². The Hall–Kier alpha value is -1.79. The molecule has 0 saturated carbocycles. The van der Waals surface area contributed by atoms with E-state index in [0.717, 1.165) is 12.8 Å². The van der Waals surface area contributed by atoms with Crippen LogP contribution in [0.3, 0.4) is 0 Å². The van der Waals surface area contributed by atoms with E-state index in [4.69, 9.17) is 9.47 Å². The van der Waals surface area contributed by atoms with Crippen LogP contribution in [-0.4, -0.2) is 54.2 Å². The molecule has 1 aliphatic rings. The van der Waals surface area contributed by atoms with Crippen molar-refractivity contribution in [2.75, 3.05) is 19.6 Å². The molecule has 2 unspecified atom stereocenters. The van der Waals surface area contributed by atoms with Crippen LogP contribution in [0.25, 0.3) is 0 Å². The van der Waals surface area contributed by atoms with Gasteiger partial charge in [-0.1, -0.05) is 20.8 Å². The number of carbonyl (C=O) groups excluding carboxylic acids is 3. The molecule has 0 spiro atoms. The summed E-state index contributed by atoms with van der Waals surface area (Å²) in [6, 6.07) is 0. The maximum atomic E-state index is 12.8. The molecule has 0 bridgehead atoms. The van der Waals surface area contributed by atoms with Gasteiger partial charge in [-0.2, -0.15) is 0 Å². The highest BCUT2D eigenvalue weighted by molar-refractivity contribution is 5.83. The Morgan fingerprint density at radius 1 is 1.11 bits per heavy atom. The normalized spacial score (nSPS) is 19.2. The highest BCUT2D eigenvalue weighted by Gasteiger charge is 2.40. The van der Waals surface area contributed by atoms with Crippen molar-refractivity contribution >= 4 is 18.0 Å². The maximum Gasteiger partial charge on any atom is 0.410 e. The molecule has 0 aromatic heterocycles. The molecule has 0 aromatic carbocycles. The monoisotopic (exact) mass is 398 g/mol. The number of esters is 1. The number of rotatable bonds is 6. The number of nitrogens with zero attached hydrogens (tertiary/aromatic N) is 1. The lowest BCUT2D eigenvalue weighted by Gasteiger charge is -2.40. The van der Waals surface area contributed by atoms with Crippen molar-refractivity contribution in [1.29, 1.82) is 0 Å². The molecule has 1 heterocycles. The van der Waals surface area contributed by atoms with Crippen LogP contribution in [0.5, 0.6) is 0 Å². The summed E-state index contributed by atoms with van der Waals surface area (Å²) in [4.78, 5) is 38.8. The molecule has 0 radical (unpaired) electrons. The van der Waals surface area contributed by atoms with E-state index in [1.54, 1.807) is 25.7 Å². The average molecular weight is 399 g/mol. The van der Waals surface area contributed by atoms with Gasteiger partial charge in [0.05, 0.1) is 12.0 Å². The summed E-state index contributed by atoms with van der Waals surface area (Å²) in [5.41, 5.74) is -1.21. The molecule has 0 aromatic rings. The predicted molar refractivity (Wildman–Crippen MR) is 108 cm³/mol. The van der Waals surface area contributed by atoms with E-state index in [1.807, 2.05) is 34.6 Å². The molecule has 7 heteroatoms. The lowest BCUT2D eigenvalue weighted by molar-refractivity contribution is -0.151. The first kappa shape index (κ1) is 24.2. The second kappa shape index (κ2) is 9.61. The van der Waals surface area contributed by atoms with Crippen LogP contribution < -0.4 is 5.32 Å². The topological polar surface area (TPSA) is 84.9 Å². The molecular formula is C21H38N2O5. The first-order chi connectivity index (χ1) is 12.7. The highest BCUT2D eigenvalue weighted by atomic mass is 16.6. The minimum atomic E-state index is -0.664. The number of ether oxygens (including phenoxy) is 2. The second-order valence-electron chi connectivity index (χ2n) is 9.58. The van der Waals surface area contributed by atoms with Gasteiger partial charge in [0, 0.05) is 25.0 Å². The molecule has 1 saturated heterocycles. The van der Waals surface area contributed by atoms with E-state index in [1.165, 1.54) is 0 Å².